The van der Waals surface area contributed by atoms with Crippen LogP contribution in [-0.2, 0) is 0 Å². The molecule has 0 radical (unpaired) electrons. The second-order valence-corrected chi connectivity index (χ2v) is 4.67. The molecule has 2 nitrogen and oxygen atoms in total. The number of anilines is 1. The first kappa shape index (κ1) is 14.5. The highest BCUT2D eigenvalue weighted by atomic mass is 19.3. The summed E-state index contributed by atoms with van der Waals surface area (Å²) in [5.41, 5.74) is 7.68. The maximum Gasteiger partial charge on any atom is 0.263 e. The molecule has 2 N–H and O–H groups in total. The average Bonchev–Trinajstić information content (AvgIpc) is 2.49. The third-order valence-electron chi connectivity index (χ3n) is 3.40. The first-order valence-electron chi connectivity index (χ1n) is 6.49. The van der Waals surface area contributed by atoms with Crippen LogP contribution in [0.3, 0.4) is 0 Å². The minimum absolute atomic E-state index is 0.0300. The summed E-state index contributed by atoms with van der Waals surface area (Å²) in [6, 6.07) is 16.1. The minimum atomic E-state index is -2.46. The van der Waals surface area contributed by atoms with Gasteiger partial charge in [-0.1, -0.05) is 36.4 Å². The van der Waals surface area contributed by atoms with E-state index in [1.165, 1.54) is 12.1 Å². The maximum atomic E-state index is 12.8. The lowest BCUT2D eigenvalue weighted by molar-refractivity contribution is 0.151. The third kappa shape index (κ3) is 3.14. The molecule has 0 saturated carbocycles. The van der Waals surface area contributed by atoms with Gasteiger partial charge in [-0.3, -0.25) is 0 Å². The van der Waals surface area contributed by atoms with Gasteiger partial charge in [-0.25, -0.2) is 8.78 Å². The van der Waals surface area contributed by atoms with Gasteiger partial charge in [0.2, 0.25) is 0 Å². The Morgan fingerprint density at radius 1 is 1.00 bits per heavy atom. The highest BCUT2D eigenvalue weighted by Gasteiger charge is 2.17. The molecule has 2 rings (SSSR count). The van der Waals surface area contributed by atoms with Crippen LogP contribution in [0.1, 0.15) is 23.6 Å². The molecule has 0 aliphatic heterocycles. The van der Waals surface area contributed by atoms with Gasteiger partial charge in [0.05, 0.1) is 6.04 Å². The van der Waals surface area contributed by atoms with Gasteiger partial charge in [0.25, 0.3) is 6.43 Å². The van der Waals surface area contributed by atoms with Gasteiger partial charge in [-0.2, -0.15) is 0 Å². The molecule has 4 heteroatoms. The van der Waals surface area contributed by atoms with Gasteiger partial charge in [0.1, 0.15) is 0 Å². The molecule has 0 saturated heterocycles. The molecular weight excluding hydrogens is 258 g/mol. The first-order valence-corrected chi connectivity index (χ1v) is 6.49. The highest BCUT2D eigenvalue weighted by Crippen LogP contribution is 2.27. The van der Waals surface area contributed by atoms with Gasteiger partial charge < -0.3 is 10.6 Å². The van der Waals surface area contributed by atoms with Gasteiger partial charge >= 0.3 is 0 Å². The van der Waals surface area contributed by atoms with Crippen LogP contribution >= 0.6 is 0 Å². The van der Waals surface area contributed by atoms with Crippen molar-refractivity contribution in [1.82, 2.24) is 0 Å². The number of alkyl halides is 2. The van der Waals surface area contributed by atoms with Crippen molar-refractivity contribution >= 4 is 5.69 Å². The van der Waals surface area contributed by atoms with E-state index in [0.717, 1.165) is 11.3 Å². The van der Waals surface area contributed by atoms with E-state index < -0.39 is 6.43 Å². The van der Waals surface area contributed by atoms with E-state index in [1.54, 1.807) is 6.07 Å². The Morgan fingerprint density at radius 2 is 1.65 bits per heavy atom. The molecule has 1 unspecified atom stereocenters. The fraction of sp³-hybridized carbons (Fsp3) is 0.250. The summed E-state index contributed by atoms with van der Waals surface area (Å²) in [7, 11) is 1.92. The van der Waals surface area contributed by atoms with E-state index >= 15 is 0 Å². The maximum absolute atomic E-state index is 12.8. The van der Waals surface area contributed by atoms with Crippen molar-refractivity contribution in [2.75, 3.05) is 18.5 Å². The summed E-state index contributed by atoms with van der Waals surface area (Å²) in [6.45, 7) is 0.359. The number of rotatable bonds is 5. The predicted octanol–water partition coefficient (Wildman–Crippen LogP) is 3.76. The van der Waals surface area contributed by atoms with Gasteiger partial charge in [-0.15, -0.1) is 0 Å². The van der Waals surface area contributed by atoms with Gasteiger partial charge in [0.15, 0.2) is 0 Å². The van der Waals surface area contributed by atoms with Crippen LogP contribution in [0.15, 0.2) is 54.6 Å². The Hall–Kier alpha value is -1.94. The zero-order chi connectivity index (χ0) is 14.5. The number of nitrogens with two attached hydrogens (primary N) is 1. The lowest BCUT2D eigenvalue weighted by Crippen LogP contribution is -2.30. The highest BCUT2D eigenvalue weighted by molar-refractivity contribution is 5.48. The summed E-state index contributed by atoms with van der Waals surface area (Å²) in [4.78, 5) is 2.00. The second kappa shape index (κ2) is 6.48. The molecule has 0 heterocycles. The van der Waals surface area contributed by atoms with E-state index in [0.29, 0.717) is 6.54 Å². The molecule has 106 valence electrons. The average molecular weight is 276 g/mol. The number of hydrogen-bond acceptors (Lipinski definition) is 2. The Bertz CT molecular complexity index is 543. The number of para-hydroxylation sites is 1. The molecule has 0 fully saturated rings. The first-order chi connectivity index (χ1) is 9.63. The van der Waals surface area contributed by atoms with Crippen molar-refractivity contribution in [3.63, 3.8) is 0 Å². The van der Waals surface area contributed by atoms with Crippen LogP contribution in [-0.4, -0.2) is 13.6 Å². The summed E-state index contributed by atoms with van der Waals surface area (Å²) < 4.78 is 25.6. The lowest BCUT2D eigenvalue weighted by atomic mass is 10.0. The molecule has 1 atom stereocenters. The molecule has 0 spiro atoms. The molecule has 0 bridgehead atoms. The van der Waals surface area contributed by atoms with E-state index in [9.17, 15) is 8.78 Å². The number of benzene rings is 2. The fourth-order valence-electron chi connectivity index (χ4n) is 2.26. The van der Waals surface area contributed by atoms with Crippen molar-refractivity contribution in [3.8, 4) is 0 Å². The lowest BCUT2D eigenvalue weighted by Gasteiger charge is -2.29. The van der Waals surface area contributed by atoms with E-state index in [-0.39, 0.29) is 11.6 Å². The standard InChI is InChI=1S/C16H18F2N2/c1-20(14-8-3-2-4-9-14)15(11-19)12-6-5-7-13(10-12)16(17)18/h2-10,15-16H,11,19H2,1H3. The second-order valence-electron chi connectivity index (χ2n) is 4.67. The van der Waals surface area contributed by atoms with Gasteiger partial charge in [0, 0.05) is 24.8 Å². The fourth-order valence-corrected chi connectivity index (χ4v) is 2.26. The summed E-state index contributed by atoms with van der Waals surface area (Å²) in [6.07, 6.45) is -2.46. The van der Waals surface area contributed by atoms with E-state index in [2.05, 4.69) is 0 Å². The Balaban J connectivity index is 2.30. The number of nitrogens with zero attached hydrogens (tertiary/aromatic N) is 1. The molecule has 0 amide bonds. The van der Waals surface area contributed by atoms with Crippen LogP contribution in [0.2, 0.25) is 0 Å². The molecule has 2 aromatic rings. The summed E-state index contributed by atoms with van der Waals surface area (Å²) >= 11 is 0. The van der Waals surface area contributed by atoms with Crippen molar-refractivity contribution in [1.29, 1.82) is 0 Å². The topological polar surface area (TPSA) is 29.3 Å². The Kier molecular flexibility index (Phi) is 4.69. The molecule has 0 aliphatic rings. The molecular formula is C16H18F2N2. The van der Waals surface area contributed by atoms with Crippen molar-refractivity contribution in [3.05, 3.63) is 65.7 Å². The summed E-state index contributed by atoms with van der Waals surface area (Å²) in [5, 5.41) is 0. The Labute approximate surface area is 117 Å². The van der Waals surface area contributed by atoms with Crippen LogP contribution in [0.5, 0.6) is 0 Å². The largest absolute Gasteiger partial charge is 0.366 e. The van der Waals surface area contributed by atoms with Crippen molar-refractivity contribution in [2.24, 2.45) is 5.73 Å². The third-order valence-corrected chi connectivity index (χ3v) is 3.40. The van der Waals surface area contributed by atoms with Crippen LogP contribution in [0, 0.1) is 0 Å². The van der Waals surface area contributed by atoms with Crippen LogP contribution < -0.4 is 10.6 Å². The van der Waals surface area contributed by atoms with E-state index in [1.807, 2.05) is 48.3 Å². The quantitative estimate of drug-likeness (QED) is 0.901. The van der Waals surface area contributed by atoms with Crippen molar-refractivity contribution < 1.29 is 8.78 Å². The number of likely N-dealkylation sites (N-methyl/N-ethyl adjacent to an activating group) is 1. The van der Waals surface area contributed by atoms with Gasteiger partial charge in [-0.05, 0) is 23.8 Å². The molecule has 20 heavy (non-hydrogen) atoms. The zero-order valence-electron chi connectivity index (χ0n) is 11.3. The van der Waals surface area contributed by atoms with E-state index in [4.69, 9.17) is 5.73 Å². The predicted molar refractivity (Wildman–Crippen MR) is 78.0 cm³/mol. The normalized spacial score (nSPS) is 12.4. The molecule has 2 aromatic carbocycles. The monoisotopic (exact) mass is 276 g/mol. The zero-order valence-corrected chi connectivity index (χ0v) is 11.3. The van der Waals surface area contributed by atoms with Crippen molar-refractivity contribution in [2.45, 2.75) is 12.5 Å². The minimum Gasteiger partial charge on any atom is -0.366 e. The molecule has 0 aliphatic carbocycles. The number of halogens is 2. The SMILES string of the molecule is CN(c1ccccc1)C(CN)c1cccc(C(F)F)c1. The van der Waals surface area contributed by atoms with Crippen LogP contribution in [0.4, 0.5) is 14.5 Å². The molecule has 0 aromatic heterocycles. The smallest absolute Gasteiger partial charge is 0.263 e. The van der Waals surface area contributed by atoms with Crippen LogP contribution in [0.25, 0.3) is 0 Å². The summed E-state index contributed by atoms with van der Waals surface area (Å²) in [5.74, 6) is 0. The Morgan fingerprint density at radius 3 is 2.25 bits per heavy atom. The number of hydrogen-bond donors (Lipinski definition) is 1.